The van der Waals surface area contributed by atoms with Crippen LogP contribution in [0.2, 0.25) is 0 Å². The monoisotopic (exact) mass is 168 g/mol. The maximum absolute atomic E-state index is 3.75. The summed E-state index contributed by atoms with van der Waals surface area (Å²) in [6, 6.07) is 0. The molecule has 1 heterocycles. The number of hydrogen-bond donors (Lipinski definition) is 0. The summed E-state index contributed by atoms with van der Waals surface area (Å²) in [4.78, 5) is 4.95. The molecule has 0 aromatic heterocycles. The summed E-state index contributed by atoms with van der Waals surface area (Å²) >= 11 is 0. The molecule has 1 rings (SSSR count). The smallest absolute Gasteiger partial charge is 0.0510 e. The van der Waals surface area contributed by atoms with Crippen molar-refractivity contribution in [3.63, 3.8) is 0 Å². The molecule has 0 bridgehead atoms. The van der Waals surface area contributed by atoms with Crippen LogP contribution in [0.5, 0.6) is 0 Å². The number of rotatable bonds is 5. The number of nitrogens with zero attached hydrogens (tertiary/aromatic N) is 2. The van der Waals surface area contributed by atoms with E-state index in [0.717, 1.165) is 13.2 Å². The first-order chi connectivity index (χ1) is 5.86. The van der Waals surface area contributed by atoms with E-state index in [1.165, 1.54) is 32.5 Å². The summed E-state index contributed by atoms with van der Waals surface area (Å²) in [5, 5.41) is 0. The minimum Gasteiger partial charge on any atom is -0.289 e. The molecular formula is C10H20N2. The van der Waals surface area contributed by atoms with Crippen molar-refractivity contribution < 1.29 is 0 Å². The number of hydrogen-bond acceptors (Lipinski definition) is 2. The second-order valence-electron chi connectivity index (χ2n) is 3.48. The fourth-order valence-corrected chi connectivity index (χ4v) is 1.60. The van der Waals surface area contributed by atoms with E-state index in [4.69, 9.17) is 0 Å². The van der Waals surface area contributed by atoms with Crippen LogP contribution in [-0.4, -0.2) is 42.6 Å². The lowest BCUT2D eigenvalue weighted by molar-refractivity contribution is 0.258. The maximum atomic E-state index is 3.75. The Labute approximate surface area is 75.8 Å². The summed E-state index contributed by atoms with van der Waals surface area (Å²) in [6.45, 7) is 11.9. The highest BCUT2D eigenvalue weighted by Crippen LogP contribution is 2.05. The zero-order chi connectivity index (χ0) is 8.81. The van der Waals surface area contributed by atoms with Crippen LogP contribution in [-0.2, 0) is 0 Å². The highest BCUT2D eigenvalue weighted by molar-refractivity contribution is 4.78. The fourth-order valence-electron chi connectivity index (χ4n) is 1.60. The molecule has 0 unspecified atom stereocenters. The molecule has 0 saturated carbocycles. The summed E-state index contributed by atoms with van der Waals surface area (Å²) in [7, 11) is 0. The van der Waals surface area contributed by atoms with Crippen molar-refractivity contribution in [2.45, 2.75) is 19.8 Å². The third-order valence-electron chi connectivity index (χ3n) is 2.35. The minimum atomic E-state index is 1.04. The van der Waals surface area contributed by atoms with Gasteiger partial charge in [-0.2, -0.15) is 0 Å². The van der Waals surface area contributed by atoms with E-state index in [1.807, 2.05) is 6.08 Å². The van der Waals surface area contributed by atoms with Crippen molar-refractivity contribution >= 4 is 0 Å². The molecule has 2 nitrogen and oxygen atoms in total. The zero-order valence-electron chi connectivity index (χ0n) is 8.13. The Balaban J connectivity index is 2.12. The SMILES string of the molecule is C=CCN1CCN(CCCC)C1. The zero-order valence-corrected chi connectivity index (χ0v) is 8.13. The largest absolute Gasteiger partial charge is 0.289 e. The molecule has 1 fully saturated rings. The lowest BCUT2D eigenvalue weighted by Gasteiger charge is -2.15. The highest BCUT2D eigenvalue weighted by Gasteiger charge is 2.17. The van der Waals surface area contributed by atoms with Gasteiger partial charge in [0.15, 0.2) is 0 Å². The van der Waals surface area contributed by atoms with E-state index in [-0.39, 0.29) is 0 Å². The lowest BCUT2D eigenvalue weighted by Crippen LogP contribution is -2.26. The second kappa shape index (κ2) is 5.33. The first-order valence-electron chi connectivity index (χ1n) is 4.92. The molecule has 12 heavy (non-hydrogen) atoms. The third kappa shape index (κ3) is 2.95. The molecule has 1 saturated heterocycles. The van der Waals surface area contributed by atoms with Gasteiger partial charge in [-0.3, -0.25) is 9.80 Å². The van der Waals surface area contributed by atoms with Crippen LogP contribution < -0.4 is 0 Å². The van der Waals surface area contributed by atoms with Crippen molar-refractivity contribution in [3.8, 4) is 0 Å². The van der Waals surface area contributed by atoms with Crippen molar-refractivity contribution in [1.29, 1.82) is 0 Å². The Morgan fingerprint density at radius 1 is 1.33 bits per heavy atom. The average Bonchev–Trinajstić information content (AvgIpc) is 2.50. The van der Waals surface area contributed by atoms with Crippen molar-refractivity contribution in [2.24, 2.45) is 0 Å². The van der Waals surface area contributed by atoms with Gasteiger partial charge in [-0.1, -0.05) is 19.4 Å². The quantitative estimate of drug-likeness (QED) is 0.575. The molecule has 1 aliphatic rings. The van der Waals surface area contributed by atoms with Gasteiger partial charge in [0, 0.05) is 19.6 Å². The molecule has 0 radical (unpaired) electrons. The third-order valence-corrected chi connectivity index (χ3v) is 2.35. The molecular weight excluding hydrogens is 148 g/mol. The highest BCUT2D eigenvalue weighted by atomic mass is 15.4. The molecule has 0 atom stereocenters. The Hall–Kier alpha value is -0.340. The normalized spacial score (nSPS) is 20.1. The Bertz CT molecular complexity index is 134. The van der Waals surface area contributed by atoms with Crippen LogP contribution in [0, 0.1) is 0 Å². The first-order valence-corrected chi connectivity index (χ1v) is 4.92. The van der Waals surface area contributed by atoms with Gasteiger partial charge in [-0.25, -0.2) is 0 Å². The molecule has 0 amide bonds. The average molecular weight is 168 g/mol. The van der Waals surface area contributed by atoms with Crippen molar-refractivity contribution in [3.05, 3.63) is 12.7 Å². The fraction of sp³-hybridized carbons (Fsp3) is 0.800. The minimum absolute atomic E-state index is 1.04. The predicted octanol–water partition coefficient (Wildman–Crippen LogP) is 1.55. The van der Waals surface area contributed by atoms with E-state index in [0.29, 0.717) is 0 Å². The van der Waals surface area contributed by atoms with E-state index in [9.17, 15) is 0 Å². The van der Waals surface area contributed by atoms with Gasteiger partial charge in [-0.05, 0) is 13.0 Å². The summed E-state index contributed by atoms with van der Waals surface area (Å²) in [6.07, 6.45) is 4.63. The molecule has 0 aromatic carbocycles. The van der Waals surface area contributed by atoms with Gasteiger partial charge in [-0.15, -0.1) is 6.58 Å². The molecule has 70 valence electrons. The van der Waals surface area contributed by atoms with Gasteiger partial charge in [0.05, 0.1) is 6.67 Å². The van der Waals surface area contributed by atoms with E-state index >= 15 is 0 Å². The van der Waals surface area contributed by atoms with Crippen molar-refractivity contribution in [2.75, 3.05) is 32.8 Å². The van der Waals surface area contributed by atoms with Gasteiger partial charge >= 0.3 is 0 Å². The van der Waals surface area contributed by atoms with Gasteiger partial charge < -0.3 is 0 Å². The van der Waals surface area contributed by atoms with Crippen LogP contribution in [0.1, 0.15) is 19.8 Å². The first kappa shape index (κ1) is 9.75. The van der Waals surface area contributed by atoms with E-state index in [1.54, 1.807) is 0 Å². The van der Waals surface area contributed by atoms with Crippen LogP contribution in [0.3, 0.4) is 0 Å². The molecule has 0 aromatic rings. The summed E-state index contributed by atoms with van der Waals surface area (Å²) < 4.78 is 0. The van der Waals surface area contributed by atoms with Gasteiger partial charge in [0.1, 0.15) is 0 Å². The van der Waals surface area contributed by atoms with Crippen molar-refractivity contribution in [1.82, 2.24) is 9.80 Å². The Morgan fingerprint density at radius 3 is 2.75 bits per heavy atom. The molecule has 0 spiro atoms. The predicted molar refractivity (Wildman–Crippen MR) is 53.1 cm³/mol. The Morgan fingerprint density at radius 2 is 2.08 bits per heavy atom. The number of unbranched alkanes of at least 4 members (excludes halogenated alkanes) is 1. The van der Waals surface area contributed by atoms with E-state index in [2.05, 4.69) is 23.3 Å². The van der Waals surface area contributed by atoms with Crippen LogP contribution >= 0.6 is 0 Å². The van der Waals surface area contributed by atoms with E-state index < -0.39 is 0 Å². The van der Waals surface area contributed by atoms with Gasteiger partial charge in [0.25, 0.3) is 0 Å². The topological polar surface area (TPSA) is 6.48 Å². The molecule has 0 aliphatic carbocycles. The molecule has 0 N–H and O–H groups in total. The molecule has 2 heteroatoms. The molecule has 1 aliphatic heterocycles. The van der Waals surface area contributed by atoms with Crippen LogP contribution in [0.15, 0.2) is 12.7 Å². The maximum Gasteiger partial charge on any atom is 0.0510 e. The lowest BCUT2D eigenvalue weighted by atomic mass is 10.3. The summed E-state index contributed by atoms with van der Waals surface area (Å²) in [5.74, 6) is 0. The van der Waals surface area contributed by atoms with Crippen LogP contribution in [0.4, 0.5) is 0 Å². The standard InChI is InChI=1S/C10H20N2/c1-3-5-7-12-9-8-11(10-12)6-4-2/h4H,2-3,5-10H2,1H3. The Kier molecular flexibility index (Phi) is 4.33. The summed E-state index contributed by atoms with van der Waals surface area (Å²) in [5.41, 5.74) is 0. The second-order valence-corrected chi connectivity index (χ2v) is 3.48. The van der Waals surface area contributed by atoms with Gasteiger partial charge in [0.2, 0.25) is 0 Å². The van der Waals surface area contributed by atoms with Crippen LogP contribution in [0.25, 0.3) is 0 Å².